The van der Waals surface area contributed by atoms with Crippen LogP contribution in [0.1, 0.15) is 58.8 Å². The van der Waals surface area contributed by atoms with E-state index in [1.165, 1.54) is 58.0 Å². The van der Waals surface area contributed by atoms with Crippen LogP contribution in [0.15, 0.2) is 0 Å². The number of nitrogens with zero attached hydrogens (tertiary/aromatic N) is 1. The van der Waals surface area contributed by atoms with Crippen molar-refractivity contribution in [3.05, 3.63) is 0 Å². The van der Waals surface area contributed by atoms with Gasteiger partial charge in [0.2, 0.25) is 0 Å². The van der Waals surface area contributed by atoms with E-state index in [0.29, 0.717) is 0 Å². The van der Waals surface area contributed by atoms with Crippen LogP contribution in [0, 0.1) is 0 Å². The summed E-state index contributed by atoms with van der Waals surface area (Å²) in [7, 11) is 0. The molecule has 0 aromatic heterocycles. The average Bonchev–Trinajstić information content (AvgIpc) is 2.01. The number of likely N-dealkylation sites (tertiary alicyclic amines) is 1. The maximum atomic E-state index is 2.61. The Morgan fingerprint density at radius 2 is 1.77 bits per heavy atom. The highest BCUT2D eigenvalue weighted by Gasteiger charge is 2.18. The van der Waals surface area contributed by atoms with Crippen LogP contribution < -0.4 is 0 Å². The van der Waals surface area contributed by atoms with Crippen LogP contribution in [0.25, 0.3) is 0 Å². The summed E-state index contributed by atoms with van der Waals surface area (Å²) < 4.78 is 0. The topological polar surface area (TPSA) is 3.24 Å². The molecular weight excluding hydrogens is 158 g/mol. The third kappa shape index (κ3) is 4.12. The van der Waals surface area contributed by atoms with E-state index < -0.39 is 0 Å². The van der Waals surface area contributed by atoms with Gasteiger partial charge >= 0.3 is 0 Å². The van der Waals surface area contributed by atoms with Crippen molar-refractivity contribution in [3.63, 3.8) is 0 Å². The van der Waals surface area contributed by atoms with Crippen LogP contribution in [0.5, 0.6) is 0 Å². The molecule has 1 rings (SSSR count). The van der Waals surface area contributed by atoms with E-state index in [1.54, 1.807) is 0 Å². The monoisotopic (exact) mass is 183 g/mol. The van der Waals surface area contributed by atoms with Crippen LogP contribution in [-0.4, -0.2) is 24.0 Å². The lowest BCUT2D eigenvalue weighted by Crippen LogP contribution is -2.43. The van der Waals surface area contributed by atoms with Crippen molar-refractivity contribution in [2.45, 2.75) is 64.8 Å². The van der Waals surface area contributed by atoms with Crippen LogP contribution in [-0.2, 0) is 0 Å². The maximum Gasteiger partial charge on any atom is 0.00669 e. The maximum absolute atomic E-state index is 2.61. The summed E-state index contributed by atoms with van der Waals surface area (Å²) in [4.78, 5) is 2.61. The second-order valence-electron chi connectivity index (χ2n) is 4.44. The molecule has 0 saturated carbocycles. The van der Waals surface area contributed by atoms with Crippen LogP contribution in [0.2, 0.25) is 0 Å². The minimum absolute atomic E-state index is 0.857. The van der Waals surface area contributed by atoms with Crippen molar-refractivity contribution in [1.82, 2.24) is 4.90 Å². The number of hydrogen-bond acceptors (Lipinski definition) is 1. The van der Waals surface area contributed by atoms with E-state index in [0.717, 1.165) is 6.04 Å². The fourth-order valence-electron chi connectivity index (χ4n) is 2.01. The van der Waals surface area contributed by atoms with Gasteiger partial charge in [-0.2, -0.15) is 0 Å². The lowest BCUT2D eigenvalue weighted by molar-refractivity contribution is 0.120. The highest BCUT2D eigenvalue weighted by molar-refractivity contribution is 4.74. The molecule has 0 aromatic carbocycles. The number of unbranched alkanes of at least 4 members (excludes halogenated alkanes) is 4. The quantitative estimate of drug-likeness (QED) is 0.546. The highest BCUT2D eigenvalue weighted by Crippen LogP contribution is 2.16. The first-order chi connectivity index (χ1) is 6.34. The Balaban J connectivity index is 1.86. The molecule has 1 fully saturated rings. The van der Waals surface area contributed by atoms with Gasteiger partial charge < -0.3 is 4.90 Å². The molecule has 1 heteroatoms. The molecule has 1 unspecified atom stereocenters. The molecular formula is C12H25N. The van der Waals surface area contributed by atoms with Crippen LogP contribution in [0.4, 0.5) is 0 Å². The van der Waals surface area contributed by atoms with Gasteiger partial charge in [0.1, 0.15) is 0 Å². The van der Waals surface area contributed by atoms with Crippen molar-refractivity contribution in [2.75, 3.05) is 13.1 Å². The predicted octanol–water partition coefficient (Wildman–Crippen LogP) is 3.44. The fraction of sp³-hybridized carbons (Fsp3) is 1.00. The van der Waals surface area contributed by atoms with E-state index in [1.807, 2.05) is 0 Å². The molecule has 1 nitrogen and oxygen atoms in total. The first kappa shape index (κ1) is 11.0. The molecule has 0 N–H and O–H groups in total. The Bertz CT molecular complexity index is 118. The first-order valence-electron chi connectivity index (χ1n) is 6.08. The molecule has 0 bridgehead atoms. The normalized spacial score (nSPS) is 19.8. The molecule has 1 heterocycles. The van der Waals surface area contributed by atoms with E-state index >= 15 is 0 Å². The van der Waals surface area contributed by atoms with Crippen molar-refractivity contribution in [1.29, 1.82) is 0 Å². The zero-order chi connectivity index (χ0) is 9.52. The van der Waals surface area contributed by atoms with Crippen molar-refractivity contribution < 1.29 is 0 Å². The Labute approximate surface area is 83.5 Å². The smallest absolute Gasteiger partial charge is 0.00669 e. The van der Waals surface area contributed by atoms with E-state index in [9.17, 15) is 0 Å². The Morgan fingerprint density at radius 3 is 2.31 bits per heavy atom. The molecule has 1 aliphatic heterocycles. The Morgan fingerprint density at radius 1 is 1.08 bits per heavy atom. The minimum atomic E-state index is 0.857. The van der Waals surface area contributed by atoms with Gasteiger partial charge in [0.05, 0.1) is 0 Å². The first-order valence-corrected chi connectivity index (χ1v) is 6.08. The van der Waals surface area contributed by atoms with Gasteiger partial charge in [-0.1, -0.05) is 39.0 Å². The van der Waals surface area contributed by atoms with E-state index in [-0.39, 0.29) is 0 Å². The van der Waals surface area contributed by atoms with Gasteiger partial charge in [0.15, 0.2) is 0 Å². The molecule has 78 valence electrons. The van der Waals surface area contributed by atoms with Gasteiger partial charge in [0.25, 0.3) is 0 Å². The second kappa shape index (κ2) is 6.42. The standard InChI is InChI=1S/C12H25N/c1-3-4-5-6-7-9-12(2)13-10-8-11-13/h12H,3-11H2,1-2H3. The second-order valence-corrected chi connectivity index (χ2v) is 4.44. The van der Waals surface area contributed by atoms with E-state index in [4.69, 9.17) is 0 Å². The molecule has 0 radical (unpaired) electrons. The summed E-state index contributed by atoms with van der Waals surface area (Å²) in [5.74, 6) is 0. The molecule has 0 amide bonds. The van der Waals surface area contributed by atoms with Crippen molar-refractivity contribution >= 4 is 0 Å². The lowest BCUT2D eigenvalue weighted by atomic mass is 10.0. The molecule has 0 aromatic rings. The summed E-state index contributed by atoms with van der Waals surface area (Å²) in [6.45, 7) is 7.38. The summed E-state index contributed by atoms with van der Waals surface area (Å²) in [5.41, 5.74) is 0. The van der Waals surface area contributed by atoms with E-state index in [2.05, 4.69) is 18.7 Å². The number of hydrogen-bond donors (Lipinski definition) is 0. The summed E-state index contributed by atoms with van der Waals surface area (Å²) in [6, 6.07) is 0.857. The molecule has 1 saturated heterocycles. The van der Waals surface area contributed by atoms with Crippen LogP contribution >= 0.6 is 0 Å². The van der Waals surface area contributed by atoms with Gasteiger partial charge in [-0.05, 0) is 32.9 Å². The largest absolute Gasteiger partial charge is 0.301 e. The van der Waals surface area contributed by atoms with Gasteiger partial charge in [-0.3, -0.25) is 0 Å². The van der Waals surface area contributed by atoms with Gasteiger partial charge in [0, 0.05) is 6.04 Å². The van der Waals surface area contributed by atoms with Gasteiger partial charge in [-0.25, -0.2) is 0 Å². The minimum Gasteiger partial charge on any atom is -0.301 e. The lowest BCUT2D eigenvalue weighted by Gasteiger charge is -2.36. The molecule has 0 spiro atoms. The molecule has 0 aliphatic carbocycles. The van der Waals surface area contributed by atoms with Crippen molar-refractivity contribution in [2.24, 2.45) is 0 Å². The molecule has 13 heavy (non-hydrogen) atoms. The summed E-state index contributed by atoms with van der Waals surface area (Å²) >= 11 is 0. The molecule has 1 atom stereocenters. The number of rotatable bonds is 7. The Kier molecular flexibility index (Phi) is 5.45. The fourth-order valence-corrected chi connectivity index (χ4v) is 2.01. The SMILES string of the molecule is CCCCCCCC(C)N1CCC1. The third-order valence-corrected chi connectivity index (χ3v) is 3.24. The highest BCUT2D eigenvalue weighted by atomic mass is 15.2. The predicted molar refractivity (Wildman–Crippen MR) is 59.0 cm³/mol. The Hall–Kier alpha value is -0.0400. The molecule has 1 aliphatic rings. The van der Waals surface area contributed by atoms with Crippen molar-refractivity contribution in [3.8, 4) is 0 Å². The third-order valence-electron chi connectivity index (χ3n) is 3.24. The zero-order valence-electron chi connectivity index (χ0n) is 9.39. The zero-order valence-corrected chi connectivity index (χ0v) is 9.39. The van der Waals surface area contributed by atoms with Crippen LogP contribution in [0.3, 0.4) is 0 Å². The summed E-state index contributed by atoms with van der Waals surface area (Å²) in [5, 5.41) is 0. The van der Waals surface area contributed by atoms with Gasteiger partial charge in [-0.15, -0.1) is 0 Å². The summed E-state index contributed by atoms with van der Waals surface area (Å²) in [6.07, 6.45) is 9.98. The average molecular weight is 183 g/mol.